The molecule has 3 aromatic carbocycles. The van der Waals surface area contributed by atoms with Crippen molar-refractivity contribution in [3.63, 3.8) is 0 Å². The van der Waals surface area contributed by atoms with Crippen LogP contribution < -0.4 is 5.32 Å². The van der Waals surface area contributed by atoms with E-state index in [4.69, 9.17) is 0 Å². The number of benzene rings is 3. The lowest BCUT2D eigenvalue weighted by atomic mass is 10.1. The van der Waals surface area contributed by atoms with Crippen molar-refractivity contribution >= 4 is 17.5 Å². The van der Waals surface area contributed by atoms with Crippen molar-refractivity contribution < 1.29 is 9.59 Å². The van der Waals surface area contributed by atoms with Crippen molar-refractivity contribution in [2.24, 2.45) is 0 Å². The van der Waals surface area contributed by atoms with Gasteiger partial charge in [-0.05, 0) is 36.4 Å². The fraction of sp³-hybridized carbons (Fsp3) is 0.0800. The van der Waals surface area contributed by atoms with Crippen LogP contribution in [0.15, 0.2) is 97.3 Å². The lowest BCUT2D eigenvalue weighted by molar-refractivity contribution is 0.0786. The minimum Gasteiger partial charge on any atom is -0.337 e. The lowest BCUT2D eigenvalue weighted by Crippen LogP contribution is -2.27. The normalized spacial score (nSPS) is 10.5. The molecule has 0 bridgehead atoms. The van der Waals surface area contributed by atoms with Crippen LogP contribution in [0, 0.1) is 0 Å². The molecule has 2 amide bonds. The van der Waals surface area contributed by atoms with E-state index in [1.54, 1.807) is 71.4 Å². The number of para-hydroxylation sites is 2. The number of nitrogens with one attached hydrogen (secondary N) is 1. The highest BCUT2D eigenvalue weighted by atomic mass is 16.2. The first-order chi connectivity index (χ1) is 15.1. The number of aromatic nitrogens is 2. The summed E-state index contributed by atoms with van der Waals surface area (Å²) in [7, 11) is 1.73. The van der Waals surface area contributed by atoms with Crippen LogP contribution in [0.25, 0.3) is 5.69 Å². The molecule has 0 aliphatic heterocycles. The first-order valence-electron chi connectivity index (χ1n) is 9.91. The van der Waals surface area contributed by atoms with Gasteiger partial charge >= 0.3 is 0 Å². The standard InChI is InChI=1S/C25H22N4O2/c1-28(17-19-16-26-29(18-19)21-12-6-3-7-13-21)25(31)22-14-8-9-15-23(22)27-24(30)20-10-4-2-5-11-20/h2-16,18H,17H2,1H3,(H,27,30). The first kappa shape index (κ1) is 20.1. The maximum absolute atomic E-state index is 13.1. The minimum absolute atomic E-state index is 0.184. The number of carbonyl (C=O) groups excluding carboxylic acids is 2. The third-order valence-corrected chi connectivity index (χ3v) is 4.86. The van der Waals surface area contributed by atoms with Gasteiger partial charge in [0.1, 0.15) is 0 Å². The molecule has 0 radical (unpaired) electrons. The van der Waals surface area contributed by atoms with Crippen LogP contribution in [-0.4, -0.2) is 33.5 Å². The van der Waals surface area contributed by atoms with E-state index >= 15 is 0 Å². The Kier molecular flexibility index (Phi) is 5.89. The van der Waals surface area contributed by atoms with E-state index < -0.39 is 0 Å². The van der Waals surface area contributed by atoms with E-state index in [0.717, 1.165) is 11.3 Å². The Morgan fingerprint density at radius 1 is 0.903 bits per heavy atom. The zero-order valence-electron chi connectivity index (χ0n) is 17.1. The van der Waals surface area contributed by atoms with Gasteiger partial charge in [-0.25, -0.2) is 4.68 Å². The number of rotatable bonds is 6. The number of nitrogens with zero attached hydrogens (tertiary/aromatic N) is 3. The minimum atomic E-state index is -0.257. The average molecular weight is 410 g/mol. The maximum Gasteiger partial charge on any atom is 0.256 e. The van der Waals surface area contributed by atoms with E-state index in [-0.39, 0.29) is 11.8 Å². The second-order valence-electron chi connectivity index (χ2n) is 7.16. The molecule has 1 heterocycles. The van der Waals surface area contributed by atoms with E-state index in [0.29, 0.717) is 23.4 Å². The van der Waals surface area contributed by atoms with E-state index in [1.165, 1.54) is 0 Å². The van der Waals surface area contributed by atoms with Crippen LogP contribution in [0.5, 0.6) is 0 Å². The molecule has 0 saturated carbocycles. The van der Waals surface area contributed by atoms with Gasteiger partial charge in [-0.3, -0.25) is 9.59 Å². The molecule has 1 N–H and O–H groups in total. The topological polar surface area (TPSA) is 67.2 Å². The van der Waals surface area contributed by atoms with E-state index in [9.17, 15) is 9.59 Å². The fourth-order valence-corrected chi connectivity index (χ4v) is 3.28. The number of hydrogen-bond donors (Lipinski definition) is 1. The SMILES string of the molecule is CN(Cc1cnn(-c2ccccc2)c1)C(=O)c1ccccc1NC(=O)c1ccccc1. The summed E-state index contributed by atoms with van der Waals surface area (Å²) in [4.78, 5) is 27.3. The van der Waals surface area contributed by atoms with E-state index in [2.05, 4.69) is 10.4 Å². The summed E-state index contributed by atoms with van der Waals surface area (Å²) in [6.45, 7) is 0.395. The average Bonchev–Trinajstić information content (AvgIpc) is 3.28. The van der Waals surface area contributed by atoms with Crippen molar-refractivity contribution in [2.45, 2.75) is 6.54 Å². The molecule has 0 unspecified atom stereocenters. The van der Waals surface area contributed by atoms with Gasteiger partial charge in [0.2, 0.25) is 0 Å². The highest BCUT2D eigenvalue weighted by Crippen LogP contribution is 2.19. The van der Waals surface area contributed by atoms with Crippen molar-refractivity contribution in [2.75, 3.05) is 12.4 Å². The molecular formula is C25H22N4O2. The molecule has 0 atom stereocenters. The van der Waals surface area contributed by atoms with E-state index in [1.807, 2.05) is 42.6 Å². The van der Waals surface area contributed by atoms with Crippen molar-refractivity contribution in [3.8, 4) is 5.69 Å². The second-order valence-corrected chi connectivity index (χ2v) is 7.16. The van der Waals surface area contributed by atoms with Crippen LogP contribution in [0.2, 0.25) is 0 Å². The zero-order valence-corrected chi connectivity index (χ0v) is 17.1. The van der Waals surface area contributed by atoms with Gasteiger partial charge in [0.25, 0.3) is 11.8 Å². The third kappa shape index (κ3) is 4.70. The Morgan fingerprint density at radius 3 is 2.29 bits per heavy atom. The molecule has 0 saturated heterocycles. The Bertz CT molecular complexity index is 1190. The van der Waals surface area contributed by atoms with Crippen LogP contribution in [0.1, 0.15) is 26.3 Å². The summed E-state index contributed by atoms with van der Waals surface area (Å²) < 4.78 is 1.78. The van der Waals surface area contributed by atoms with Crippen LogP contribution in [0.3, 0.4) is 0 Å². The summed E-state index contributed by atoms with van der Waals surface area (Å²) in [6.07, 6.45) is 3.65. The van der Waals surface area contributed by atoms with Gasteiger partial charge in [-0.1, -0.05) is 48.5 Å². The summed E-state index contributed by atoms with van der Waals surface area (Å²) in [5.41, 5.74) is 3.31. The molecular weight excluding hydrogens is 388 g/mol. The predicted molar refractivity (Wildman–Crippen MR) is 120 cm³/mol. The monoisotopic (exact) mass is 410 g/mol. The summed E-state index contributed by atoms with van der Waals surface area (Å²) in [6, 6.07) is 25.7. The van der Waals surface area contributed by atoms with Gasteiger partial charge in [-0.15, -0.1) is 0 Å². The second kappa shape index (κ2) is 9.09. The summed E-state index contributed by atoms with van der Waals surface area (Å²) in [5.74, 6) is -0.441. The molecule has 4 aromatic rings. The zero-order chi connectivity index (χ0) is 21.6. The Hall–Kier alpha value is -4.19. The van der Waals surface area contributed by atoms with Crippen molar-refractivity contribution in [1.82, 2.24) is 14.7 Å². The smallest absolute Gasteiger partial charge is 0.256 e. The van der Waals surface area contributed by atoms with Crippen LogP contribution >= 0.6 is 0 Å². The molecule has 0 aliphatic rings. The summed E-state index contributed by atoms with van der Waals surface area (Å²) >= 11 is 0. The number of amides is 2. The third-order valence-electron chi connectivity index (χ3n) is 4.86. The van der Waals surface area contributed by atoms with Gasteiger partial charge in [0.15, 0.2) is 0 Å². The van der Waals surface area contributed by atoms with Gasteiger partial charge in [0, 0.05) is 30.9 Å². The highest BCUT2D eigenvalue weighted by Gasteiger charge is 2.18. The largest absolute Gasteiger partial charge is 0.337 e. The van der Waals surface area contributed by atoms with Gasteiger partial charge < -0.3 is 10.2 Å². The fourth-order valence-electron chi connectivity index (χ4n) is 3.28. The maximum atomic E-state index is 13.1. The Morgan fingerprint density at radius 2 is 1.55 bits per heavy atom. The highest BCUT2D eigenvalue weighted by molar-refractivity contribution is 6.08. The molecule has 6 heteroatoms. The molecule has 0 aliphatic carbocycles. The van der Waals surface area contributed by atoms with Crippen molar-refractivity contribution in [3.05, 3.63) is 114 Å². The van der Waals surface area contributed by atoms with Crippen LogP contribution in [0.4, 0.5) is 5.69 Å². The molecule has 0 spiro atoms. The van der Waals surface area contributed by atoms with Crippen molar-refractivity contribution in [1.29, 1.82) is 0 Å². The molecule has 4 rings (SSSR count). The number of anilines is 1. The summed E-state index contributed by atoms with van der Waals surface area (Å²) in [5, 5.41) is 7.23. The Balaban J connectivity index is 1.48. The molecule has 0 fully saturated rings. The molecule has 31 heavy (non-hydrogen) atoms. The lowest BCUT2D eigenvalue weighted by Gasteiger charge is -2.18. The number of carbonyl (C=O) groups is 2. The van der Waals surface area contributed by atoms with Gasteiger partial charge in [-0.2, -0.15) is 5.10 Å². The predicted octanol–water partition coefficient (Wildman–Crippen LogP) is 4.40. The molecule has 6 nitrogen and oxygen atoms in total. The first-order valence-corrected chi connectivity index (χ1v) is 9.91. The quantitative estimate of drug-likeness (QED) is 0.512. The van der Waals surface area contributed by atoms with Gasteiger partial charge in [0.05, 0.1) is 23.1 Å². The Labute approximate surface area is 180 Å². The molecule has 154 valence electrons. The molecule has 1 aromatic heterocycles. The van der Waals surface area contributed by atoms with Crippen LogP contribution in [-0.2, 0) is 6.54 Å². The number of hydrogen-bond acceptors (Lipinski definition) is 3.